The Morgan fingerprint density at radius 1 is 1.17 bits per heavy atom. The highest BCUT2D eigenvalue weighted by atomic mass is 16.5. The van der Waals surface area contributed by atoms with E-state index >= 15 is 0 Å². The van der Waals surface area contributed by atoms with Gasteiger partial charge in [-0.1, -0.05) is 32.1 Å². The van der Waals surface area contributed by atoms with E-state index in [1.54, 1.807) is 4.90 Å². The molecule has 1 atom stereocenters. The molecule has 2 aliphatic rings. The molecule has 2 heterocycles. The lowest BCUT2D eigenvalue weighted by Crippen LogP contribution is -2.49. The smallest absolute Gasteiger partial charge is 0.313 e. The maximum Gasteiger partial charge on any atom is 0.313 e. The average Bonchev–Trinajstić information content (AvgIpc) is 2.74. The van der Waals surface area contributed by atoms with E-state index < -0.39 is 17.7 Å². The van der Waals surface area contributed by atoms with Gasteiger partial charge in [-0.05, 0) is 37.7 Å². The number of methoxy groups -OCH3 is 1. The molecule has 3 amide bonds. The molecule has 1 aliphatic heterocycles. The third-order valence-corrected chi connectivity index (χ3v) is 5.98. The van der Waals surface area contributed by atoms with Gasteiger partial charge < -0.3 is 20.7 Å². The van der Waals surface area contributed by atoms with Gasteiger partial charge in [0.1, 0.15) is 5.56 Å². The van der Waals surface area contributed by atoms with Crippen LogP contribution in [0.2, 0.25) is 0 Å². The zero-order valence-corrected chi connectivity index (χ0v) is 17.0. The standard InChI is InChI=1S/C21H30N4O4/c1-29-20-17(18(22)26)12-15(13-23-20)24-19(27)21(28)25-10-6-5-9-16(25)11-14-7-3-2-4-8-14/h12-14,16H,2-11H2,1H3,(H2,22,26)(H,24,27). The van der Waals surface area contributed by atoms with Crippen molar-refractivity contribution < 1.29 is 19.1 Å². The topological polar surface area (TPSA) is 115 Å². The number of piperidine rings is 1. The van der Waals surface area contributed by atoms with E-state index in [4.69, 9.17) is 10.5 Å². The lowest BCUT2D eigenvalue weighted by Gasteiger charge is -2.38. The number of carbonyl (C=O) groups excluding carboxylic acids is 3. The summed E-state index contributed by atoms with van der Waals surface area (Å²) in [5, 5.41) is 2.55. The summed E-state index contributed by atoms with van der Waals surface area (Å²) < 4.78 is 5.00. The predicted molar refractivity (Wildman–Crippen MR) is 108 cm³/mol. The number of primary amides is 1. The maximum absolute atomic E-state index is 12.9. The number of amides is 3. The van der Waals surface area contributed by atoms with Crippen LogP contribution >= 0.6 is 0 Å². The molecular weight excluding hydrogens is 372 g/mol. The Kier molecular flexibility index (Phi) is 7.06. The molecule has 1 aromatic rings. The molecule has 0 bridgehead atoms. The van der Waals surface area contributed by atoms with Crippen molar-refractivity contribution in [2.75, 3.05) is 19.0 Å². The van der Waals surface area contributed by atoms with Crippen LogP contribution in [0.1, 0.15) is 68.1 Å². The molecule has 8 heteroatoms. The summed E-state index contributed by atoms with van der Waals surface area (Å²) in [7, 11) is 1.37. The van der Waals surface area contributed by atoms with Crippen molar-refractivity contribution in [3.8, 4) is 5.88 Å². The van der Waals surface area contributed by atoms with Gasteiger partial charge in [0.05, 0.1) is 19.0 Å². The van der Waals surface area contributed by atoms with Crippen molar-refractivity contribution in [3.05, 3.63) is 17.8 Å². The zero-order valence-electron chi connectivity index (χ0n) is 17.0. The first-order chi connectivity index (χ1) is 14.0. The summed E-state index contributed by atoms with van der Waals surface area (Å²) in [5.74, 6) is -1.25. The normalized spacial score (nSPS) is 20.2. The highest BCUT2D eigenvalue weighted by Crippen LogP contribution is 2.31. The van der Waals surface area contributed by atoms with Gasteiger partial charge in [-0.3, -0.25) is 14.4 Å². The molecule has 8 nitrogen and oxygen atoms in total. The van der Waals surface area contributed by atoms with Crippen molar-refractivity contribution in [2.45, 2.75) is 63.8 Å². The van der Waals surface area contributed by atoms with Crippen LogP contribution in [0.25, 0.3) is 0 Å². The van der Waals surface area contributed by atoms with Crippen LogP contribution in [0, 0.1) is 5.92 Å². The fourth-order valence-corrected chi connectivity index (χ4v) is 4.50. The molecule has 1 saturated heterocycles. The zero-order chi connectivity index (χ0) is 20.8. The van der Waals surface area contributed by atoms with Crippen LogP contribution in [0.4, 0.5) is 5.69 Å². The van der Waals surface area contributed by atoms with Gasteiger partial charge in [0.2, 0.25) is 5.88 Å². The Morgan fingerprint density at radius 2 is 1.90 bits per heavy atom. The molecule has 1 aromatic heterocycles. The molecular formula is C21H30N4O4. The number of nitrogens with zero attached hydrogens (tertiary/aromatic N) is 2. The number of nitrogens with one attached hydrogen (secondary N) is 1. The summed E-state index contributed by atoms with van der Waals surface area (Å²) in [6, 6.07) is 1.50. The van der Waals surface area contributed by atoms with E-state index in [9.17, 15) is 14.4 Å². The number of anilines is 1. The summed E-state index contributed by atoms with van der Waals surface area (Å²) in [5.41, 5.74) is 5.61. The van der Waals surface area contributed by atoms with Crippen LogP contribution in [-0.2, 0) is 9.59 Å². The first kappa shape index (κ1) is 21.1. The van der Waals surface area contributed by atoms with Gasteiger partial charge in [0, 0.05) is 12.6 Å². The van der Waals surface area contributed by atoms with Crippen LogP contribution in [0.15, 0.2) is 12.3 Å². The van der Waals surface area contributed by atoms with Gasteiger partial charge in [0.25, 0.3) is 5.91 Å². The molecule has 0 radical (unpaired) electrons. The summed E-state index contributed by atoms with van der Waals surface area (Å²) >= 11 is 0. The Balaban J connectivity index is 1.67. The number of pyridine rings is 1. The molecule has 29 heavy (non-hydrogen) atoms. The molecule has 1 aliphatic carbocycles. The fraction of sp³-hybridized carbons (Fsp3) is 0.619. The van der Waals surface area contributed by atoms with E-state index in [0.717, 1.165) is 25.7 Å². The Morgan fingerprint density at radius 3 is 2.59 bits per heavy atom. The van der Waals surface area contributed by atoms with Crippen molar-refractivity contribution >= 4 is 23.4 Å². The third kappa shape index (κ3) is 5.25. The molecule has 0 spiro atoms. The Bertz CT molecular complexity index is 761. The first-order valence-electron chi connectivity index (χ1n) is 10.5. The second-order valence-corrected chi connectivity index (χ2v) is 7.99. The lowest BCUT2D eigenvalue weighted by atomic mass is 9.82. The van der Waals surface area contributed by atoms with E-state index in [1.807, 2.05) is 0 Å². The number of rotatable bonds is 5. The summed E-state index contributed by atoms with van der Waals surface area (Å²) in [4.78, 5) is 42.7. The summed E-state index contributed by atoms with van der Waals surface area (Å²) in [6.45, 7) is 0.608. The van der Waals surface area contributed by atoms with Gasteiger partial charge in [-0.15, -0.1) is 0 Å². The molecule has 1 saturated carbocycles. The minimum Gasteiger partial charge on any atom is -0.480 e. The molecule has 158 valence electrons. The second kappa shape index (κ2) is 9.71. The van der Waals surface area contributed by atoms with Crippen molar-refractivity contribution in [1.82, 2.24) is 9.88 Å². The van der Waals surface area contributed by atoms with Gasteiger partial charge >= 0.3 is 11.8 Å². The summed E-state index contributed by atoms with van der Waals surface area (Å²) in [6.07, 6.45) is 11.5. The quantitative estimate of drug-likeness (QED) is 0.734. The van der Waals surface area contributed by atoms with Gasteiger partial charge in [-0.25, -0.2) is 4.98 Å². The van der Waals surface area contributed by atoms with Crippen molar-refractivity contribution in [2.24, 2.45) is 11.7 Å². The van der Waals surface area contributed by atoms with Crippen LogP contribution in [0.3, 0.4) is 0 Å². The number of carbonyl (C=O) groups is 3. The van der Waals surface area contributed by atoms with Crippen LogP contribution in [-0.4, -0.2) is 47.3 Å². The minimum atomic E-state index is -0.722. The Labute approximate surface area is 171 Å². The highest BCUT2D eigenvalue weighted by molar-refractivity contribution is 6.39. The molecule has 3 N–H and O–H groups in total. The largest absolute Gasteiger partial charge is 0.480 e. The average molecular weight is 402 g/mol. The van der Waals surface area contributed by atoms with Crippen molar-refractivity contribution in [3.63, 3.8) is 0 Å². The van der Waals surface area contributed by atoms with E-state index in [-0.39, 0.29) is 23.2 Å². The number of likely N-dealkylation sites (tertiary alicyclic amines) is 1. The number of nitrogens with two attached hydrogens (primary N) is 1. The first-order valence-corrected chi connectivity index (χ1v) is 10.5. The number of hydrogen-bond donors (Lipinski definition) is 2. The van der Waals surface area contributed by atoms with Gasteiger partial charge in [0.15, 0.2) is 0 Å². The molecule has 3 rings (SSSR count). The highest BCUT2D eigenvalue weighted by Gasteiger charge is 2.32. The Hall–Kier alpha value is -2.64. The number of aromatic nitrogens is 1. The molecule has 0 aromatic carbocycles. The maximum atomic E-state index is 12.9. The fourth-order valence-electron chi connectivity index (χ4n) is 4.50. The van der Waals surface area contributed by atoms with E-state index in [0.29, 0.717) is 12.5 Å². The number of ether oxygens (including phenoxy) is 1. The monoisotopic (exact) mass is 402 g/mol. The van der Waals surface area contributed by atoms with Crippen LogP contribution < -0.4 is 15.8 Å². The molecule has 1 unspecified atom stereocenters. The van der Waals surface area contributed by atoms with E-state index in [2.05, 4.69) is 10.3 Å². The molecule has 2 fully saturated rings. The van der Waals surface area contributed by atoms with Gasteiger partial charge in [-0.2, -0.15) is 0 Å². The predicted octanol–water partition coefficient (Wildman–Crippen LogP) is 2.48. The van der Waals surface area contributed by atoms with Crippen LogP contribution in [0.5, 0.6) is 5.88 Å². The lowest BCUT2D eigenvalue weighted by molar-refractivity contribution is -0.146. The minimum absolute atomic E-state index is 0.0471. The number of hydrogen-bond acceptors (Lipinski definition) is 5. The van der Waals surface area contributed by atoms with Crippen molar-refractivity contribution in [1.29, 1.82) is 0 Å². The SMILES string of the molecule is COc1ncc(NC(=O)C(=O)N2CCCCC2CC2CCCCC2)cc1C(N)=O. The second-order valence-electron chi connectivity index (χ2n) is 7.99. The van der Waals surface area contributed by atoms with E-state index in [1.165, 1.54) is 51.5 Å². The third-order valence-electron chi connectivity index (χ3n) is 5.98.